The highest BCUT2D eigenvalue weighted by molar-refractivity contribution is 6.05. The van der Waals surface area contributed by atoms with Crippen LogP contribution < -0.4 is 24.3 Å². The topological polar surface area (TPSA) is 102 Å². The van der Waals surface area contributed by atoms with Gasteiger partial charge in [-0.3, -0.25) is 9.59 Å². The first-order valence-corrected chi connectivity index (χ1v) is 10.6. The van der Waals surface area contributed by atoms with Crippen LogP contribution in [0, 0.1) is 0 Å². The summed E-state index contributed by atoms with van der Waals surface area (Å²) in [6.07, 6.45) is 1.33. The van der Waals surface area contributed by atoms with Gasteiger partial charge >= 0.3 is 0 Å². The molecule has 174 valence electrons. The van der Waals surface area contributed by atoms with E-state index in [0.29, 0.717) is 58.2 Å². The Morgan fingerprint density at radius 2 is 1.70 bits per heavy atom. The van der Waals surface area contributed by atoms with Crippen molar-refractivity contribution in [1.82, 2.24) is 9.88 Å². The summed E-state index contributed by atoms with van der Waals surface area (Å²) in [5, 5.41) is 3.59. The van der Waals surface area contributed by atoms with Crippen LogP contribution in [-0.4, -0.2) is 62.7 Å². The molecular formula is C24H27N3O6. The van der Waals surface area contributed by atoms with E-state index in [1.165, 1.54) is 14.2 Å². The van der Waals surface area contributed by atoms with Crippen molar-refractivity contribution in [3.63, 3.8) is 0 Å². The van der Waals surface area contributed by atoms with Gasteiger partial charge in [-0.25, -0.2) is 0 Å². The van der Waals surface area contributed by atoms with Crippen LogP contribution in [0.3, 0.4) is 0 Å². The quantitative estimate of drug-likeness (QED) is 0.568. The molecule has 0 spiro atoms. The van der Waals surface area contributed by atoms with E-state index in [1.54, 1.807) is 55.5 Å². The number of rotatable bonds is 7. The Hall–Kier alpha value is -3.88. The Morgan fingerprint density at radius 1 is 0.970 bits per heavy atom. The predicted molar refractivity (Wildman–Crippen MR) is 124 cm³/mol. The summed E-state index contributed by atoms with van der Waals surface area (Å²) in [6.45, 7) is 0.493. The predicted octanol–water partition coefficient (Wildman–Crippen LogP) is 3.45. The van der Waals surface area contributed by atoms with Gasteiger partial charge in [-0.2, -0.15) is 0 Å². The maximum atomic E-state index is 13.4. The second-order valence-corrected chi connectivity index (χ2v) is 7.66. The number of hydrogen-bond acceptors (Lipinski definition) is 6. The van der Waals surface area contributed by atoms with Gasteiger partial charge in [0.25, 0.3) is 5.91 Å². The number of nitrogens with one attached hydrogen (secondary N) is 2. The fraction of sp³-hybridized carbons (Fsp3) is 0.333. The minimum atomic E-state index is -0.565. The molecular weight excluding hydrogens is 426 g/mol. The summed E-state index contributed by atoms with van der Waals surface area (Å²) in [5.74, 6) is 1.73. The maximum Gasteiger partial charge on any atom is 0.270 e. The average molecular weight is 453 g/mol. The summed E-state index contributed by atoms with van der Waals surface area (Å²) >= 11 is 0. The van der Waals surface area contributed by atoms with Gasteiger partial charge in [-0.15, -0.1) is 0 Å². The van der Waals surface area contributed by atoms with Crippen molar-refractivity contribution in [3.8, 4) is 23.0 Å². The van der Waals surface area contributed by atoms with E-state index in [1.807, 2.05) is 0 Å². The highest BCUT2D eigenvalue weighted by Gasteiger charge is 2.35. The van der Waals surface area contributed by atoms with Gasteiger partial charge < -0.3 is 34.1 Å². The minimum Gasteiger partial charge on any atom is -0.497 e. The number of methoxy groups -OCH3 is 4. The van der Waals surface area contributed by atoms with E-state index in [0.717, 1.165) is 6.42 Å². The summed E-state index contributed by atoms with van der Waals surface area (Å²) in [6, 6.07) is 9.94. The normalized spacial score (nSPS) is 15.4. The molecule has 1 aromatic heterocycles. The number of nitrogens with zero attached hydrogens (tertiary/aromatic N) is 1. The first kappa shape index (κ1) is 22.3. The fourth-order valence-electron chi connectivity index (χ4n) is 4.19. The monoisotopic (exact) mass is 453 g/mol. The molecule has 4 rings (SSSR count). The van der Waals surface area contributed by atoms with Crippen molar-refractivity contribution >= 4 is 28.4 Å². The van der Waals surface area contributed by atoms with E-state index in [2.05, 4.69) is 10.3 Å². The van der Waals surface area contributed by atoms with Crippen LogP contribution in [0.15, 0.2) is 36.4 Å². The van der Waals surface area contributed by atoms with Crippen LogP contribution in [0.4, 0.5) is 5.69 Å². The first-order valence-electron chi connectivity index (χ1n) is 10.6. The fourth-order valence-corrected chi connectivity index (χ4v) is 4.19. The van der Waals surface area contributed by atoms with E-state index in [-0.39, 0.29) is 11.8 Å². The second kappa shape index (κ2) is 9.32. The molecule has 9 heteroatoms. The number of fused-ring (bicyclic) bond motifs is 1. The van der Waals surface area contributed by atoms with Crippen LogP contribution in [0.5, 0.6) is 23.0 Å². The molecule has 1 atom stereocenters. The number of benzene rings is 2. The Kier molecular flexibility index (Phi) is 6.30. The molecule has 2 heterocycles. The summed E-state index contributed by atoms with van der Waals surface area (Å²) in [7, 11) is 6.20. The van der Waals surface area contributed by atoms with E-state index >= 15 is 0 Å². The molecule has 33 heavy (non-hydrogen) atoms. The highest BCUT2D eigenvalue weighted by atomic mass is 16.5. The molecule has 0 aliphatic carbocycles. The zero-order valence-electron chi connectivity index (χ0n) is 19.1. The highest BCUT2D eigenvalue weighted by Crippen LogP contribution is 2.41. The Labute approximate surface area is 191 Å². The van der Waals surface area contributed by atoms with Gasteiger partial charge in [-0.05, 0) is 43.2 Å². The molecule has 0 bridgehead atoms. The molecule has 1 unspecified atom stereocenters. The van der Waals surface area contributed by atoms with Gasteiger partial charge in [-0.1, -0.05) is 0 Å². The van der Waals surface area contributed by atoms with E-state index in [4.69, 9.17) is 18.9 Å². The molecule has 1 aliphatic rings. The third-order valence-corrected chi connectivity index (χ3v) is 5.84. The molecule has 2 aromatic carbocycles. The lowest BCUT2D eigenvalue weighted by Gasteiger charge is -2.23. The molecule has 1 saturated heterocycles. The van der Waals surface area contributed by atoms with Crippen LogP contribution in [0.25, 0.3) is 10.9 Å². The standard InChI is InChI=1S/C24H27N3O6/c1-30-15-9-7-14(8-10-15)25-23(28)18-6-5-11-27(18)24(29)17-12-16-19(31-2)13-20(32-3)22(33-4)21(16)26-17/h7-10,12-13,18,26H,5-6,11H2,1-4H3,(H,25,28). The number of carbonyl (C=O) groups is 2. The van der Waals surface area contributed by atoms with Gasteiger partial charge in [0, 0.05) is 23.7 Å². The molecule has 0 saturated carbocycles. The third kappa shape index (κ3) is 4.13. The smallest absolute Gasteiger partial charge is 0.270 e. The lowest BCUT2D eigenvalue weighted by Crippen LogP contribution is -2.43. The number of hydrogen-bond donors (Lipinski definition) is 2. The van der Waals surface area contributed by atoms with Crippen molar-refractivity contribution in [2.24, 2.45) is 0 Å². The van der Waals surface area contributed by atoms with Crippen molar-refractivity contribution in [3.05, 3.63) is 42.1 Å². The first-order chi connectivity index (χ1) is 16.0. The largest absolute Gasteiger partial charge is 0.497 e. The van der Waals surface area contributed by atoms with Crippen LogP contribution in [-0.2, 0) is 4.79 Å². The number of H-pyrrole nitrogens is 1. The van der Waals surface area contributed by atoms with Gasteiger partial charge in [0.2, 0.25) is 5.91 Å². The van der Waals surface area contributed by atoms with Crippen molar-refractivity contribution in [2.75, 3.05) is 40.3 Å². The number of aromatic amines is 1. The van der Waals surface area contributed by atoms with Crippen LogP contribution in [0.1, 0.15) is 23.3 Å². The molecule has 3 aromatic rings. The van der Waals surface area contributed by atoms with E-state index in [9.17, 15) is 9.59 Å². The lowest BCUT2D eigenvalue weighted by atomic mass is 10.2. The van der Waals surface area contributed by atoms with Crippen molar-refractivity contribution < 1.29 is 28.5 Å². The Balaban J connectivity index is 1.60. The molecule has 9 nitrogen and oxygen atoms in total. The molecule has 2 N–H and O–H groups in total. The lowest BCUT2D eigenvalue weighted by molar-refractivity contribution is -0.119. The zero-order chi connectivity index (χ0) is 23.5. The molecule has 1 fully saturated rings. The Bertz CT molecular complexity index is 1170. The number of likely N-dealkylation sites (tertiary alicyclic amines) is 1. The van der Waals surface area contributed by atoms with Gasteiger partial charge in [0.05, 0.1) is 34.0 Å². The van der Waals surface area contributed by atoms with E-state index < -0.39 is 6.04 Å². The third-order valence-electron chi connectivity index (χ3n) is 5.84. The SMILES string of the molecule is COc1ccc(NC(=O)C2CCCN2C(=O)c2cc3c(OC)cc(OC)c(OC)c3[nH]2)cc1. The minimum absolute atomic E-state index is 0.223. The summed E-state index contributed by atoms with van der Waals surface area (Å²) in [4.78, 5) is 31.1. The Morgan fingerprint density at radius 3 is 2.33 bits per heavy atom. The number of carbonyl (C=O) groups excluding carboxylic acids is 2. The summed E-state index contributed by atoms with van der Waals surface area (Å²) < 4.78 is 21.5. The number of aromatic nitrogens is 1. The van der Waals surface area contributed by atoms with Crippen molar-refractivity contribution in [1.29, 1.82) is 0 Å². The van der Waals surface area contributed by atoms with Gasteiger partial charge in [0.1, 0.15) is 23.2 Å². The number of ether oxygens (including phenoxy) is 4. The molecule has 1 aliphatic heterocycles. The zero-order valence-corrected chi connectivity index (χ0v) is 19.1. The summed E-state index contributed by atoms with van der Waals surface area (Å²) in [5.41, 5.74) is 1.58. The molecule has 0 radical (unpaired) electrons. The maximum absolute atomic E-state index is 13.4. The molecule has 2 amide bonds. The van der Waals surface area contributed by atoms with Gasteiger partial charge in [0.15, 0.2) is 11.5 Å². The second-order valence-electron chi connectivity index (χ2n) is 7.66. The number of anilines is 1. The van der Waals surface area contributed by atoms with Crippen molar-refractivity contribution in [2.45, 2.75) is 18.9 Å². The average Bonchev–Trinajstić information content (AvgIpc) is 3.51. The number of amides is 2. The van der Waals surface area contributed by atoms with Crippen LogP contribution in [0.2, 0.25) is 0 Å². The van der Waals surface area contributed by atoms with Crippen LogP contribution >= 0.6 is 0 Å².